The number of carbonyl (C=O) groups is 2. The molecule has 100 valence electrons. The molecule has 1 aliphatic heterocycles. The highest BCUT2D eigenvalue weighted by Crippen LogP contribution is 2.38. The average molecular weight is 281 g/mol. The van der Waals surface area contributed by atoms with Crippen molar-refractivity contribution in [3.63, 3.8) is 0 Å². The third-order valence-electron chi connectivity index (χ3n) is 3.60. The monoisotopic (exact) mass is 281 g/mol. The van der Waals surface area contributed by atoms with Crippen LogP contribution in [0.3, 0.4) is 0 Å². The average Bonchev–Trinajstić information content (AvgIpc) is 2.48. The van der Waals surface area contributed by atoms with Crippen molar-refractivity contribution in [1.82, 2.24) is 4.31 Å². The number of aromatic carboxylic acids is 1. The van der Waals surface area contributed by atoms with Crippen LogP contribution in [0.2, 0.25) is 0 Å². The molecule has 1 N–H and O–H groups in total. The van der Waals surface area contributed by atoms with Gasteiger partial charge in [0.2, 0.25) is 0 Å². The maximum atomic E-state index is 12.3. The molecule has 1 heterocycles. The van der Waals surface area contributed by atoms with Crippen molar-refractivity contribution in [2.75, 3.05) is 0 Å². The molecule has 7 heteroatoms. The van der Waals surface area contributed by atoms with Crippen LogP contribution >= 0.6 is 0 Å². The minimum Gasteiger partial charge on any atom is -0.478 e. The highest BCUT2D eigenvalue weighted by atomic mass is 32.2. The second-order valence-corrected chi connectivity index (χ2v) is 6.49. The SMILES string of the molecule is O=C(O)c1ccc2c(c1)S(=O)(=O)N(C1CCC1)C2=O. The zero-order valence-corrected chi connectivity index (χ0v) is 10.7. The van der Waals surface area contributed by atoms with Gasteiger partial charge in [-0.3, -0.25) is 4.79 Å². The Kier molecular flexibility index (Phi) is 2.43. The molecule has 0 aromatic heterocycles. The summed E-state index contributed by atoms with van der Waals surface area (Å²) in [7, 11) is -3.89. The van der Waals surface area contributed by atoms with Crippen molar-refractivity contribution >= 4 is 21.9 Å². The van der Waals surface area contributed by atoms with E-state index in [-0.39, 0.29) is 22.1 Å². The molecule has 0 unspecified atom stereocenters. The second kappa shape index (κ2) is 3.80. The van der Waals surface area contributed by atoms with E-state index in [1.54, 1.807) is 0 Å². The maximum Gasteiger partial charge on any atom is 0.335 e. The number of carboxylic acids is 1. The molecule has 1 saturated carbocycles. The number of carbonyl (C=O) groups excluding carboxylic acids is 1. The van der Waals surface area contributed by atoms with E-state index in [1.807, 2.05) is 0 Å². The molecule has 2 aliphatic rings. The highest BCUT2D eigenvalue weighted by Gasteiger charge is 2.46. The zero-order chi connectivity index (χ0) is 13.8. The molecule has 0 radical (unpaired) electrons. The van der Waals surface area contributed by atoms with Gasteiger partial charge in [0.15, 0.2) is 0 Å². The van der Waals surface area contributed by atoms with E-state index in [4.69, 9.17) is 5.11 Å². The largest absolute Gasteiger partial charge is 0.478 e. The molecule has 0 atom stereocenters. The fourth-order valence-corrected chi connectivity index (χ4v) is 4.20. The molecule has 1 aliphatic carbocycles. The van der Waals surface area contributed by atoms with Crippen LogP contribution in [0, 0.1) is 0 Å². The van der Waals surface area contributed by atoms with Gasteiger partial charge in [0.25, 0.3) is 15.9 Å². The fourth-order valence-electron chi connectivity index (χ4n) is 2.36. The van der Waals surface area contributed by atoms with Crippen LogP contribution in [0.15, 0.2) is 23.1 Å². The second-order valence-electron chi connectivity index (χ2n) is 4.71. The van der Waals surface area contributed by atoms with Gasteiger partial charge >= 0.3 is 5.97 Å². The first-order valence-electron chi connectivity index (χ1n) is 5.89. The first-order valence-corrected chi connectivity index (χ1v) is 7.33. The molecular weight excluding hydrogens is 270 g/mol. The first kappa shape index (κ1) is 12.2. The molecule has 1 aromatic rings. The lowest BCUT2D eigenvalue weighted by Crippen LogP contribution is -2.43. The smallest absolute Gasteiger partial charge is 0.335 e. The van der Waals surface area contributed by atoms with Gasteiger partial charge < -0.3 is 5.11 Å². The van der Waals surface area contributed by atoms with Gasteiger partial charge in [-0.25, -0.2) is 17.5 Å². The van der Waals surface area contributed by atoms with Gasteiger partial charge in [-0.05, 0) is 37.5 Å². The third kappa shape index (κ3) is 1.58. The Morgan fingerprint density at radius 1 is 1.32 bits per heavy atom. The summed E-state index contributed by atoms with van der Waals surface area (Å²) >= 11 is 0. The minimum absolute atomic E-state index is 0.0666. The van der Waals surface area contributed by atoms with Crippen LogP contribution < -0.4 is 0 Å². The summed E-state index contributed by atoms with van der Waals surface area (Å²) in [5.41, 5.74) is -0.0671. The van der Waals surface area contributed by atoms with Crippen molar-refractivity contribution in [1.29, 1.82) is 0 Å². The lowest BCUT2D eigenvalue weighted by molar-refractivity contribution is 0.0694. The van der Waals surface area contributed by atoms with E-state index < -0.39 is 21.9 Å². The van der Waals surface area contributed by atoms with Crippen molar-refractivity contribution in [2.45, 2.75) is 30.2 Å². The van der Waals surface area contributed by atoms with Crippen molar-refractivity contribution in [3.05, 3.63) is 29.3 Å². The predicted molar refractivity (Wildman–Crippen MR) is 64.4 cm³/mol. The van der Waals surface area contributed by atoms with Gasteiger partial charge in [-0.2, -0.15) is 0 Å². The van der Waals surface area contributed by atoms with Crippen LogP contribution in [-0.4, -0.2) is 35.7 Å². The molecule has 3 rings (SSSR count). The molecule has 0 bridgehead atoms. The van der Waals surface area contributed by atoms with Crippen molar-refractivity contribution in [3.8, 4) is 0 Å². The normalized spacial score (nSPS) is 21.1. The minimum atomic E-state index is -3.89. The van der Waals surface area contributed by atoms with Crippen LogP contribution in [0.5, 0.6) is 0 Å². The molecule has 19 heavy (non-hydrogen) atoms. The summed E-state index contributed by atoms with van der Waals surface area (Å²) in [6.45, 7) is 0. The number of amides is 1. The quantitative estimate of drug-likeness (QED) is 0.875. The summed E-state index contributed by atoms with van der Waals surface area (Å²) in [4.78, 5) is 22.8. The number of sulfonamides is 1. The molecule has 0 spiro atoms. The summed E-state index contributed by atoms with van der Waals surface area (Å²) in [6, 6.07) is 3.30. The van der Waals surface area contributed by atoms with E-state index in [9.17, 15) is 18.0 Å². The Morgan fingerprint density at radius 2 is 2.00 bits per heavy atom. The van der Waals surface area contributed by atoms with E-state index in [2.05, 4.69) is 0 Å². The number of hydrogen-bond donors (Lipinski definition) is 1. The summed E-state index contributed by atoms with van der Waals surface area (Å²) < 4.78 is 25.5. The van der Waals surface area contributed by atoms with Crippen molar-refractivity contribution < 1.29 is 23.1 Å². The van der Waals surface area contributed by atoms with E-state index >= 15 is 0 Å². The Hall–Kier alpha value is -1.89. The number of nitrogens with zero attached hydrogens (tertiary/aromatic N) is 1. The van der Waals surface area contributed by atoms with Gasteiger partial charge in [0, 0.05) is 6.04 Å². The van der Waals surface area contributed by atoms with Gasteiger partial charge in [0.1, 0.15) is 4.90 Å². The van der Waals surface area contributed by atoms with Crippen molar-refractivity contribution in [2.24, 2.45) is 0 Å². The Morgan fingerprint density at radius 3 is 2.53 bits per heavy atom. The number of fused-ring (bicyclic) bond motifs is 1. The van der Waals surface area contributed by atoms with Gasteiger partial charge in [-0.1, -0.05) is 0 Å². The lowest BCUT2D eigenvalue weighted by atomic mass is 9.93. The topological polar surface area (TPSA) is 91.8 Å². The Labute approximate surface area is 109 Å². The third-order valence-corrected chi connectivity index (χ3v) is 5.48. The van der Waals surface area contributed by atoms with Crippen LogP contribution in [0.4, 0.5) is 0 Å². The summed E-state index contributed by atoms with van der Waals surface area (Å²) in [6.07, 6.45) is 2.25. The molecule has 0 saturated heterocycles. The lowest BCUT2D eigenvalue weighted by Gasteiger charge is -2.33. The first-order chi connectivity index (χ1) is 8.93. The molecule has 1 amide bonds. The van der Waals surface area contributed by atoms with Gasteiger partial charge in [0.05, 0.1) is 11.1 Å². The van der Waals surface area contributed by atoms with E-state index in [0.29, 0.717) is 12.8 Å². The highest BCUT2D eigenvalue weighted by molar-refractivity contribution is 7.90. The molecule has 1 aromatic carbocycles. The van der Waals surface area contributed by atoms with E-state index in [1.165, 1.54) is 12.1 Å². The van der Waals surface area contributed by atoms with Crippen LogP contribution in [0.1, 0.15) is 40.0 Å². The Bertz CT molecular complexity index is 690. The molecular formula is C12H11NO5S. The fraction of sp³-hybridized carbons (Fsp3) is 0.333. The summed E-state index contributed by atoms with van der Waals surface area (Å²) in [5.74, 6) is -1.76. The molecule has 6 nitrogen and oxygen atoms in total. The number of rotatable bonds is 2. The predicted octanol–water partition coefficient (Wildman–Crippen LogP) is 1.08. The zero-order valence-electron chi connectivity index (χ0n) is 9.87. The van der Waals surface area contributed by atoms with Gasteiger partial charge in [-0.15, -0.1) is 0 Å². The van der Waals surface area contributed by atoms with Crippen LogP contribution in [-0.2, 0) is 10.0 Å². The maximum absolute atomic E-state index is 12.3. The standard InChI is InChI=1S/C12H11NO5S/c14-11-9-5-4-7(12(15)16)6-10(9)19(17,18)13(11)8-2-1-3-8/h4-6,8H,1-3H2,(H,15,16). The number of benzene rings is 1. The number of hydrogen-bond acceptors (Lipinski definition) is 4. The van der Waals surface area contributed by atoms with Crippen LogP contribution in [0.25, 0.3) is 0 Å². The molecule has 1 fully saturated rings. The number of carboxylic acid groups (broad SMARTS) is 1. The summed E-state index contributed by atoms with van der Waals surface area (Å²) in [5, 5.41) is 8.89. The van der Waals surface area contributed by atoms with E-state index in [0.717, 1.165) is 16.8 Å². The Balaban J connectivity index is 2.15.